The summed E-state index contributed by atoms with van der Waals surface area (Å²) in [4.78, 5) is 4.02. The summed E-state index contributed by atoms with van der Waals surface area (Å²) in [5, 5.41) is 0.800. The van der Waals surface area contributed by atoms with Crippen LogP contribution in [0, 0.1) is 5.41 Å². The molecule has 4 nitrogen and oxygen atoms in total. The second-order valence-corrected chi connectivity index (χ2v) is 8.20. The first-order valence-corrected chi connectivity index (χ1v) is 10.6. The van der Waals surface area contributed by atoms with Crippen LogP contribution < -0.4 is 16.2 Å². The van der Waals surface area contributed by atoms with E-state index in [0.29, 0.717) is 13.2 Å². The van der Waals surface area contributed by atoms with Gasteiger partial charge in [0.15, 0.2) is 5.96 Å². The summed E-state index contributed by atoms with van der Waals surface area (Å²) >= 11 is 6.19. The first kappa shape index (κ1) is 21.3. The summed E-state index contributed by atoms with van der Waals surface area (Å²) in [5.41, 5.74) is 13.3. The van der Waals surface area contributed by atoms with Crippen molar-refractivity contribution in [3.63, 3.8) is 0 Å². The number of aliphatic imine (C=N–C) groups is 1. The van der Waals surface area contributed by atoms with E-state index in [2.05, 4.69) is 41.4 Å². The summed E-state index contributed by atoms with van der Waals surface area (Å²) in [5.74, 6) is 1.03. The van der Waals surface area contributed by atoms with Crippen molar-refractivity contribution in [1.82, 2.24) is 0 Å². The molecule has 0 aliphatic heterocycles. The third-order valence-electron chi connectivity index (χ3n) is 5.45. The Morgan fingerprint density at radius 1 is 1.10 bits per heavy atom. The number of guanidine groups is 1. The molecule has 0 spiro atoms. The van der Waals surface area contributed by atoms with E-state index in [1.165, 1.54) is 30.4 Å². The van der Waals surface area contributed by atoms with Gasteiger partial charge in [0, 0.05) is 11.6 Å². The Balaban J connectivity index is 1.55. The molecule has 1 unspecified atom stereocenters. The quantitative estimate of drug-likeness (QED) is 0.350. The van der Waals surface area contributed by atoms with Gasteiger partial charge in [-0.1, -0.05) is 48.0 Å². The van der Waals surface area contributed by atoms with Crippen molar-refractivity contribution >= 4 is 17.6 Å². The minimum absolute atomic E-state index is 0.133. The lowest BCUT2D eigenvalue weighted by atomic mass is 9.72. The van der Waals surface area contributed by atoms with E-state index in [0.717, 1.165) is 30.0 Å². The van der Waals surface area contributed by atoms with Gasteiger partial charge in [0.2, 0.25) is 0 Å². The fourth-order valence-corrected chi connectivity index (χ4v) is 4.14. The fraction of sp³-hybridized carbons (Fsp3) is 0.375. The monoisotopic (exact) mass is 411 g/mol. The molecule has 5 heteroatoms. The molecule has 154 valence electrons. The number of halogens is 1. The molecular formula is C24H30ClN3O. The molecular weight excluding hydrogens is 382 g/mol. The average Bonchev–Trinajstić information content (AvgIpc) is 2.70. The third-order valence-corrected chi connectivity index (χ3v) is 5.68. The maximum Gasteiger partial charge on any atom is 0.185 e. The van der Waals surface area contributed by atoms with Crippen molar-refractivity contribution in [2.75, 3.05) is 13.2 Å². The Labute approximate surface area is 178 Å². The summed E-state index contributed by atoms with van der Waals surface area (Å²) in [6.07, 6.45) is 11.1. The normalized spacial score (nSPS) is 18.4. The van der Waals surface area contributed by atoms with Gasteiger partial charge in [-0.2, -0.15) is 0 Å². The zero-order valence-electron chi connectivity index (χ0n) is 16.8. The zero-order chi connectivity index (χ0) is 20.5. The molecule has 4 N–H and O–H groups in total. The van der Waals surface area contributed by atoms with Crippen LogP contribution in [0.1, 0.15) is 36.8 Å². The van der Waals surface area contributed by atoms with E-state index in [1.807, 2.05) is 24.3 Å². The lowest BCUT2D eigenvalue weighted by Gasteiger charge is -2.33. The Morgan fingerprint density at radius 3 is 2.62 bits per heavy atom. The van der Waals surface area contributed by atoms with E-state index in [9.17, 15) is 0 Å². The molecule has 0 amide bonds. The van der Waals surface area contributed by atoms with Gasteiger partial charge < -0.3 is 16.2 Å². The zero-order valence-corrected chi connectivity index (χ0v) is 17.6. The molecule has 2 aromatic carbocycles. The molecule has 29 heavy (non-hydrogen) atoms. The van der Waals surface area contributed by atoms with Crippen molar-refractivity contribution in [3.05, 3.63) is 76.8 Å². The van der Waals surface area contributed by atoms with Crippen molar-refractivity contribution < 1.29 is 4.74 Å². The number of hydrogen-bond donors (Lipinski definition) is 2. The molecule has 1 aliphatic rings. The molecule has 0 bridgehead atoms. The number of nitrogens with zero attached hydrogens (tertiary/aromatic N) is 1. The van der Waals surface area contributed by atoms with E-state index in [1.54, 1.807) is 0 Å². The van der Waals surface area contributed by atoms with Crippen LogP contribution >= 0.6 is 11.6 Å². The van der Waals surface area contributed by atoms with Gasteiger partial charge >= 0.3 is 0 Å². The Morgan fingerprint density at radius 2 is 1.93 bits per heavy atom. The van der Waals surface area contributed by atoms with Crippen LogP contribution in [-0.4, -0.2) is 19.1 Å². The summed E-state index contributed by atoms with van der Waals surface area (Å²) in [6.45, 7) is 1.29. The fourth-order valence-electron chi connectivity index (χ4n) is 3.92. The first-order valence-electron chi connectivity index (χ1n) is 10.2. The topological polar surface area (TPSA) is 73.6 Å². The largest absolute Gasteiger partial charge is 0.494 e. The molecule has 0 heterocycles. The van der Waals surface area contributed by atoms with Gasteiger partial charge in [-0.15, -0.1) is 0 Å². The maximum atomic E-state index is 6.19. The molecule has 2 aromatic rings. The second-order valence-electron chi connectivity index (χ2n) is 7.76. The summed E-state index contributed by atoms with van der Waals surface area (Å²) < 4.78 is 6.07. The molecule has 0 fully saturated rings. The van der Waals surface area contributed by atoms with Gasteiger partial charge in [-0.3, -0.25) is 4.99 Å². The predicted octanol–water partition coefficient (Wildman–Crippen LogP) is 4.89. The van der Waals surface area contributed by atoms with Crippen LogP contribution in [0.2, 0.25) is 5.02 Å². The molecule has 0 radical (unpaired) electrons. The third kappa shape index (κ3) is 6.82. The number of benzene rings is 2. The molecule has 3 rings (SSSR count). The number of nitrogens with two attached hydrogens (primary N) is 2. The van der Waals surface area contributed by atoms with Gasteiger partial charge in [0.1, 0.15) is 5.75 Å². The molecule has 0 saturated carbocycles. The van der Waals surface area contributed by atoms with Gasteiger partial charge in [0.05, 0.1) is 6.61 Å². The highest BCUT2D eigenvalue weighted by Crippen LogP contribution is 2.38. The Kier molecular flexibility index (Phi) is 7.59. The summed E-state index contributed by atoms with van der Waals surface area (Å²) in [6, 6.07) is 16.4. The van der Waals surface area contributed by atoms with E-state index < -0.39 is 0 Å². The number of hydrogen-bond acceptors (Lipinski definition) is 2. The summed E-state index contributed by atoms with van der Waals surface area (Å²) in [7, 11) is 0. The van der Waals surface area contributed by atoms with Crippen LogP contribution in [0.25, 0.3) is 0 Å². The number of allylic oxidation sites excluding steroid dienone is 2. The van der Waals surface area contributed by atoms with Crippen LogP contribution in [0.15, 0.2) is 65.7 Å². The average molecular weight is 412 g/mol. The highest BCUT2D eigenvalue weighted by Gasteiger charge is 2.29. The van der Waals surface area contributed by atoms with Crippen molar-refractivity contribution in [3.8, 4) is 5.75 Å². The predicted molar refractivity (Wildman–Crippen MR) is 122 cm³/mol. The molecule has 0 saturated heterocycles. The lowest BCUT2D eigenvalue weighted by molar-refractivity contribution is 0.216. The molecule has 0 aromatic heterocycles. The van der Waals surface area contributed by atoms with Crippen molar-refractivity contribution in [2.45, 2.75) is 38.5 Å². The van der Waals surface area contributed by atoms with Crippen molar-refractivity contribution in [1.29, 1.82) is 0 Å². The van der Waals surface area contributed by atoms with Crippen molar-refractivity contribution in [2.24, 2.45) is 21.9 Å². The van der Waals surface area contributed by atoms with Gasteiger partial charge in [-0.05, 0) is 79.3 Å². The van der Waals surface area contributed by atoms with E-state index in [4.69, 9.17) is 27.8 Å². The minimum Gasteiger partial charge on any atom is -0.494 e. The van der Waals surface area contributed by atoms with Crippen LogP contribution in [0.4, 0.5) is 0 Å². The van der Waals surface area contributed by atoms with E-state index in [-0.39, 0.29) is 11.4 Å². The second kappa shape index (κ2) is 10.4. The molecule has 1 aliphatic carbocycles. The minimum atomic E-state index is 0.133. The number of ether oxygens (including phenoxy) is 1. The molecule has 1 atom stereocenters. The highest BCUT2D eigenvalue weighted by atomic mass is 35.5. The van der Waals surface area contributed by atoms with Crippen LogP contribution in [-0.2, 0) is 12.8 Å². The Hall–Kier alpha value is -2.46. The van der Waals surface area contributed by atoms with Gasteiger partial charge in [0.25, 0.3) is 0 Å². The smallest absolute Gasteiger partial charge is 0.185 e. The SMILES string of the molecule is NC(N)=NCCc1ccc(OCCC2(Cc3cccc(Cl)c3)C=CCCC2)cc1. The number of rotatable bonds is 9. The maximum absolute atomic E-state index is 6.19. The highest BCUT2D eigenvalue weighted by molar-refractivity contribution is 6.30. The first-order chi connectivity index (χ1) is 14.0. The van der Waals surface area contributed by atoms with Crippen LogP contribution in [0.5, 0.6) is 5.75 Å². The lowest BCUT2D eigenvalue weighted by Crippen LogP contribution is -2.26. The standard InChI is InChI=1S/C24H30ClN3O/c25-21-6-4-5-20(17-21)18-24(12-2-1-3-13-24)14-16-29-22-9-7-19(8-10-22)11-15-28-23(26)27/h2,4-10,12,17H,1,3,11,13-16,18H2,(H4,26,27,28). The van der Waals surface area contributed by atoms with Gasteiger partial charge in [-0.25, -0.2) is 0 Å². The van der Waals surface area contributed by atoms with E-state index >= 15 is 0 Å². The van der Waals surface area contributed by atoms with Crippen LogP contribution in [0.3, 0.4) is 0 Å². The Bertz CT molecular complexity index is 843.